The second-order valence-corrected chi connectivity index (χ2v) is 4.46. The van der Waals surface area contributed by atoms with Crippen LogP contribution in [-0.2, 0) is 6.54 Å². The average Bonchev–Trinajstić information content (AvgIpc) is 2.83. The molecule has 0 atom stereocenters. The van der Waals surface area contributed by atoms with Crippen LogP contribution in [0, 0.1) is 6.92 Å². The van der Waals surface area contributed by atoms with Crippen LogP contribution in [0.5, 0.6) is 5.75 Å². The molecule has 1 aromatic heterocycles. The summed E-state index contributed by atoms with van der Waals surface area (Å²) in [6.07, 6.45) is 3.70. The first-order valence-corrected chi connectivity index (χ1v) is 6.31. The van der Waals surface area contributed by atoms with Crippen LogP contribution in [0.2, 0.25) is 0 Å². The van der Waals surface area contributed by atoms with Gasteiger partial charge in [-0.3, -0.25) is 9.48 Å². The molecule has 2 aromatic rings. The van der Waals surface area contributed by atoms with E-state index < -0.39 is 0 Å². The SMILES string of the molecule is COc1cccc(N)c1C(=O)NCCn1cc(C)cn1. The molecule has 0 saturated heterocycles. The predicted molar refractivity (Wildman–Crippen MR) is 76.7 cm³/mol. The number of ether oxygens (including phenoxy) is 1. The number of methoxy groups -OCH3 is 1. The maximum Gasteiger partial charge on any atom is 0.257 e. The first-order chi connectivity index (χ1) is 9.61. The zero-order chi connectivity index (χ0) is 14.5. The number of anilines is 1. The van der Waals surface area contributed by atoms with Crippen molar-refractivity contribution in [3.05, 3.63) is 41.7 Å². The van der Waals surface area contributed by atoms with E-state index in [9.17, 15) is 4.79 Å². The van der Waals surface area contributed by atoms with Crippen molar-refractivity contribution in [1.82, 2.24) is 15.1 Å². The fourth-order valence-corrected chi connectivity index (χ4v) is 1.92. The minimum absolute atomic E-state index is 0.246. The number of hydrogen-bond acceptors (Lipinski definition) is 4. The number of carbonyl (C=O) groups is 1. The van der Waals surface area contributed by atoms with Crippen molar-refractivity contribution < 1.29 is 9.53 Å². The highest BCUT2D eigenvalue weighted by Gasteiger charge is 2.15. The van der Waals surface area contributed by atoms with Gasteiger partial charge in [-0.15, -0.1) is 0 Å². The van der Waals surface area contributed by atoms with Gasteiger partial charge in [0.25, 0.3) is 5.91 Å². The van der Waals surface area contributed by atoms with Gasteiger partial charge in [0.05, 0.1) is 19.9 Å². The number of hydrogen-bond donors (Lipinski definition) is 2. The Labute approximate surface area is 117 Å². The summed E-state index contributed by atoms with van der Waals surface area (Å²) in [4.78, 5) is 12.1. The Hall–Kier alpha value is -2.50. The van der Waals surface area contributed by atoms with E-state index in [2.05, 4.69) is 10.4 Å². The van der Waals surface area contributed by atoms with Crippen molar-refractivity contribution in [3.63, 3.8) is 0 Å². The number of amides is 1. The van der Waals surface area contributed by atoms with Gasteiger partial charge in [0, 0.05) is 18.4 Å². The highest BCUT2D eigenvalue weighted by Crippen LogP contribution is 2.23. The third kappa shape index (κ3) is 3.09. The van der Waals surface area contributed by atoms with Gasteiger partial charge in [0.1, 0.15) is 11.3 Å². The lowest BCUT2D eigenvalue weighted by atomic mass is 10.1. The molecule has 0 aliphatic heterocycles. The standard InChI is InChI=1S/C14H18N4O2/c1-10-8-17-18(9-10)7-6-16-14(19)13-11(15)4-3-5-12(13)20-2/h3-5,8-9H,6-7,15H2,1-2H3,(H,16,19). The molecule has 2 rings (SSSR count). The van der Waals surface area contributed by atoms with Gasteiger partial charge in [-0.25, -0.2) is 0 Å². The molecule has 20 heavy (non-hydrogen) atoms. The van der Waals surface area contributed by atoms with Crippen molar-refractivity contribution in [1.29, 1.82) is 0 Å². The zero-order valence-electron chi connectivity index (χ0n) is 11.6. The number of nitrogens with one attached hydrogen (secondary N) is 1. The molecule has 1 amide bonds. The fourth-order valence-electron chi connectivity index (χ4n) is 1.92. The van der Waals surface area contributed by atoms with E-state index >= 15 is 0 Å². The molecule has 1 heterocycles. The number of nitrogens with zero attached hydrogens (tertiary/aromatic N) is 2. The van der Waals surface area contributed by atoms with E-state index in [4.69, 9.17) is 10.5 Å². The molecule has 0 fully saturated rings. The molecule has 6 nitrogen and oxygen atoms in total. The molecule has 0 aliphatic carbocycles. The van der Waals surface area contributed by atoms with Gasteiger partial charge in [-0.05, 0) is 24.6 Å². The monoisotopic (exact) mass is 274 g/mol. The number of aromatic nitrogens is 2. The molecule has 0 bridgehead atoms. The summed E-state index contributed by atoms with van der Waals surface area (Å²) in [5.41, 5.74) is 7.68. The van der Waals surface area contributed by atoms with Crippen molar-refractivity contribution in [2.24, 2.45) is 0 Å². The molecule has 0 spiro atoms. The first-order valence-electron chi connectivity index (χ1n) is 6.31. The molecular weight excluding hydrogens is 256 g/mol. The van der Waals surface area contributed by atoms with Gasteiger partial charge >= 0.3 is 0 Å². The predicted octanol–water partition coefficient (Wildman–Crippen LogP) is 1.21. The van der Waals surface area contributed by atoms with Gasteiger partial charge in [-0.1, -0.05) is 6.07 Å². The van der Waals surface area contributed by atoms with E-state index in [1.54, 1.807) is 29.1 Å². The van der Waals surface area contributed by atoms with Crippen molar-refractivity contribution >= 4 is 11.6 Å². The van der Waals surface area contributed by atoms with Crippen LogP contribution in [0.25, 0.3) is 0 Å². The molecular formula is C14H18N4O2. The van der Waals surface area contributed by atoms with Crippen LogP contribution >= 0.6 is 0 Å². The van der Waals surface area contributed by atoms with Gasteiger partial charge in [0.2, 0.25) is 0 Å². The minimum Gasteiger partial charge on any atom is -0.496 e. The van der Waals surface area contributed by atoms with Gasteiger partial charge in [-0.2, -0.15) is 5.10 Å². The molecule has 106 valence electrons. The Morgan fingerprint density at radius 2 is 2.30 bits per heavy atom. The number of benzene rings is 1. The first kappa shape index (κ1) is 13.9. The summed E-state index contributed by atoms with van der Waals surface area (Å²) in [7, 11) is 1.51. The molecule has 0 radical (unpaired) electrons. The molecule has 1 aromatic carbocycles. The van der Waals surface area contributed by atoms with Crippen molar-refractivity contribution in [2.75, 3.05) is 19.4 Å². The van der Waals surface area contributed by atoms with E-state index in [-0.39, 0.29) is 5.91 Å². The largest absolute Gasteiger partial charge is 0.496 e. The van der Waals surface area contributed by atoms with Crippen LogP contribution in [0.3, 0.4) is 0 Å². The summed E-state index contributed by atoms with van der Waals surface area (Å²) in [5, 5.41) is 6.97. The zero-order valence-corrected chi connectivity index (χ0v) is 11.6. The average molecular weight is 274 g/mol. The number of nitrogen functional groups attached to an aromatic ring is 1. The van der Waals surface area contributed by atoms with Crippen LogP contribution < -0.4 is 15.8 Å². The van der Waals surface area contributed by atoms with Gasteiger partial charge in [0.15, 0.2) is 0 Å². The Morgan fingerprint density at radius 3 is 2.95 bits per heavy atom. The summed E-state index contributed by atoms with van der Waals surface area (Å²) in [6, 6.07) is 5.13. The Kier molecular flexibility index (Phi) is 4.24. The number of carbonyl (C=O) groups excluding carboxylic acids is 1. The van der Waals surface area contributed by atoms with E-state index in [1.165, 1.54) is 7.11 Å². The summed E-state index contributed by atoms with van der Waals surface area (Å²) in [6.45, 7) is 3.05. The quantitative estimate of drug-likeness (QED) is 0.803. The lowest BCUT2D eigenvalue weighted by Gasteiger charge is -2.11. The Bertz CT molecular complexity index is 607. The summed E-state index contributed by atoms with van der Waals surface area (Å²) in [5.74, 6) is 0.223. The van der Waals surface area contributed by atoms with Crippen LogP contribution in [0.4, 0.5) is 5.69 Å². The number of nitrogens with two attached hydrogens (primary N) is 1. The maximum atomic E-state index is 12.1. The summed E-state index contributed by atoms with van der Waals surface area (Å²) < 4.78 is 6.94. The lowest BCUT2D eigenvalue weighted by molar-refractivity contribution is 0.0950. The Morgan fingerprint density at radius 1 is 1.50 bits per heavy atom. The van der Waals surface area contributed by atoms with E-state index in [0.29, 0.717) is 30.1 Å². The minimum atomic E-state index is -0.246. The molecule has 0 unspecified atom stereocenters. The topological polar surface area (TPSA) is 82.2 Å². The second-order valence-electron chi connectivity index (χ2n) is 4.46. The normalized spacial score (nSPS) is 10.3. The van der Waals surface area contributed by atoms with Crippen LogP contribution in [0.1, 0.15) is 15.9 Å². The smallest absolute Gasteiger partial charge is 0.257 e. The molecule has 6 heteroatoms. The number of rotatable bonds is 5. The van der Waals surface area contributed by atoms with Crippen LogP contribution in [0.15, 0.2) is 30.6 Å². The van der Waals surface area contributed by atoms with Crippen LogP contribution in [-0.4, -0.2) is 29.3 Å². The second kappa shape index (κ2) is 6.10. The van der Waals surface area contributed by atoms with Crippen molar-refractivity contribution in [2.45, 2.75) is 13.5 Å². The van der Waals surface area contributed by atoms with Crippen molar-refractivity contribution in [3.8, 4) is 5.75 Å². The highest BCUT2D eigenvalue weighted by molar-refractivity contribution is 6.01. The highest BCUT2D eigenvalue weighted by atomic mass is 16.5. The third-order valence-electron chi connectivity index (χ3n) is 2.89. The Balaban J connectivity index is 1.98. The maximum absolute atomic E-state index is 12.1. The lowest BCUT2D eigenvalue weighted by Crippen LogP contribution is -2.28. The van der Waals surface area contributed by atoms with E-state index in [1.807, 2.05) is 13.1 Å². The fraction of sp³-hybridized carbons (Fsp3) is 0.286. The molecule has 3 N–H and O–H groups in total. The third-order valence-corrected chi connectivity index (χ3v) is 2.89. The summed E-state index contributed by atoms with van der Waals surface area (Å²) >= 11 is 0. The number of aryl methyl sites for hydroxylation is 1. The van der Waals surface area contributed by atoms with Gasteiger partial charge < -0.3 is 15.8 Å². The molecule has 0 aliphatic rings. The molecule has 0 saturated carbocycles. The van der Waals surface area contributed by atoms with E-state index in [0.717, 1.165) is 5.56 Å².